The first-order valence-corrected chi connectivity index (χ1v) is 6.80. The van der Waals surface area contributed by atoms with Gasteiger partial charge in [0, 0.05) is 36.4 Å². The summed E-state index contributed by atoms with van der Waals surface area (Å²) in [6.07, 6.45) is 5.33. The summed E-state index contributed by atoms with van der Waals surface area (Å²) in [6, 6.07) is 4.11. The zero-order valence-corrected chi connectivity index (χ0v) is 10.5. The largest absolute Gasteiger partial charge is 0.342 e. The molecule has 0 atom stereocenters. The smallest absolute Gasteiger partial charge is 0.232 e. The highest BCUT2D eigenvalue weighted by molar-refractivity contribution is 8.00. The molecule has 2 N–H and O–H groups in total. The SMILES string of the molecule is NC1CCN(C(=O)CSc2ccncc2)CC1. The molecule has 0 aromatic carbocycles. The van der Waals surface area contributed by atoms with E-state index in [4.69, 9.17) is 5.73 Å². The maximum atomic E-state index is 11.9. The van der Waals surface area contributed by atoms with Gasteiger partial charge in [0.15, 0.2) is 0 Å². The Hall–Kier alpha value is -1.07. The number of carbonyl (C=O) groups excluding carboxylic acids is 1. The second-order valence-electron chi connectivity index (χ2n) is 4.19. The molecule has 92 valence electrons. The van der Waals surface area contributed by atoms with Crippen LogP contribution in [0.1, 0.15) is 12.8 Å². The van der Waals surface area contributed by atoms with E-state index in [-0.39, 0.29) is 11.9 Å². The lowest BCUT2D eigenvalue weighted by atomic mass is 10.1. The highest BCUT2D eigenvalue weighted by Crippen LogP contribution is 2.18. The highest BCUT2D eigenvalue weighted by Gasteiger charge is 2.20. The van der Waals surface area contributed by atoms with Gasteiger partial charge >= 0.3 is 0 Å². The number of amides is 1. The monoisotopic (exact) mass is 251 g/mol. The maximum absolute atomic E-state index is 11.9. The van der Waals surface area contributed by atoms with Crippen LogP contribution >= 0.6 is 11.8 Å². The van der Waals surface area contributed by atoms with Crippen molar-refractivity contribution in [2.45, 2.75) is 23.8 Å². The summed E-state index contributed by atoms with van der Waals surface area (Å²) in [7, 11) is 0. The molecule has 17 heavy (non-hydrogen) atoms. The average molecular weight is 251 g/mol. The second-order valence-corrected chi connectivity index (χ2v) is 5.24. The molecular weight excluding hydrogens is 234 g/mol. The number of pyridine rings is 1. The topological polar surface area (TPSA) is 59.2 Å². The van der Waals surface area contributed by atoms with Gasteiger partial charge in [-0.05, 0) is 25.0 Å². The van der Waals surface area contributed by atoms with Crippen molar-refractivity contribution in [3.63, 3.8) is 0 Å². The number of thioether (sulfide) groups is 1. The van der Waals surface area contributed by atoms with Crippen LogP contribution in [0.2, 0.25) is 0 Å². The third-order valence-corrected chi connectivity index (χ3v) is 3.90. The summed E-state index contributed by atoms with van der Waals surface area (Å²) in [5.41, 5.74) is 5.81. The molecule has 2 rings (SSSR count). The summed E-state index contributed by atoms with van der Waals surface area (Å²) < 4.78 is 0. The van der Waals surface area contributed by atoms with Crippen molar-refractivity contribution in [3.8, 4) is 0 Å². The number of likely N-dealkylation sites (tertiary alicyclic amines) is 1. The van der Waals surface area contributed by atoms with E-state index in [1.807, 2.05) is 17.0 Å². The summed E-state index contributed by atoms with van der Waals surface area (Å²) in [6.45, 7) is 1.60. The van der Waals surface area contributed by atoms with Gasteiger partial charge in [-0.15, -0.1) is 11.8 Å². The molecule has 0 radical (unpaired) electrons. The van der Waals surface area contributed by atoms with Crippen LogP contribution < -0.4 is 5.73 Å². The minimum Gasteiger partial charge on any atom is -0.342 e. The molecule has 0 unspecified atom stereocenters. The first-order valence-electron chi connectivity index (χ1n) is 5.82. The zero-order chi connectivity index (χ0) is 12.1. The number of carbonyl (C=O) groups is 1. The maximum Gasteiger partial charge on any atom is 0.232 e. The van der Waals surface area contributed by atoms with Gasteiger partial charge in [0.2, 0.25) is 5.91 Å². The van der Waals surface area contributed by atoms with Crippen molar-refractivity contribution < 1.29 is 4.79 Å². The average Bonchev–Trinajstić information content (AvgIpc) is 2.38. The minimum absolute atomic E-state index is 0.207. The van der Waals surface area contributed by atoms with Crippen LogP contribution in [0.4, 0.5) is 0 Å². The van der Waals surface area contributed by atoms with Crippen LogP contribution in [0.5, 0.6) is 0 Å². The Labute approximate surface area is 106 Å². The van der Waals surface area contributed by atoms with E-state index in [2.05, 4.69) is 4.98 Å². The Morgan fingerprint density at radius 1 is 1.41 bits per heavy atom. The minimum atomic E-state index is 0.207. The number of nitrogens with zero attached hydrogens (tertiary/aromatic N) is 2. The van der Waals surface area contributed by atoms with Crippen molar-refractivity contribution in [1.29, 1.82) is 0 Å². The van der Waals surface area contributed by atoms with Crippen LogP contribution in [-0.4, -0.2) is 40.7 Å². The molecule has 1 aromatic rings. The zero-order valence-electron chi connectivity index (χ0n) is 9.71. The molecule has 1 aliphatic rings. The Morgan fingerprint density at radius 2 is 2.06 bits per heavy atom. The Morgan fingerprint density at radius 3 is 2.71 bits per heavy atom. The van der Waals surface area contributed by atoms with E-state index in [1.165, 1.54) is 0 Å². The molecule has 1 fully saturated rings. The molecule has 0 saturated carbocycles. The van der Waals surface area contributed by atoms with Gasteiger partial charge in [0.25, 0.3) is 0 Å². The molecule has 1 aromatic heterocycles. The fourth-order valence-corrected chi connectivity index (χ4v) is 2.61. The predicted octanol–water partition coefficient (Wildman–Crippen LogP) is 1.12. The van der Waals surface area contributed by atoms with E-state index >= 15 is 0 Å². The molecule has 0 aliphatic carbocycles. The van der Waals surface area contributed by atoms with Gasteiger partial charge in [-0.2, -0.15) is 0 Å². The van der Waals surface area contributed by atoms with Crippen LogP contribution in [-0.2, 0) is 4.79 Å². The van der Waals surface area contributed by atoms with Crippen molar-refractivity contribution in [2.24, 2.45) is 5.73 Å². The third-order valence-electron chi connectivity index (χ3n) is 2.90. The van der Waals surface area contributed by atoms with Crippen LogP contribution in [0, 0.1) is 0 Å². The summed E-state index contributed by atoms with van der Waals surface area (Å²) in [5, 5.41) is 0. The first kappa shape index (κ1) is 12.4. The number of aromatic nitrogens is 1. The van der Waals surface area contributed by atoms with Crippen molar-refractivity contribution in [3.05, 3.63) is 24.5 Å². The van der Waals surface area contributed by atoms with Crippen molar-refractivity contribution in [1.82, 2.24) is 9.88 Å². The molecule has 5 heteroatoms. The number of nitrogens with two attached hydrogens (primary N) is 1. The van der Waals surface area contributed by atoms with Gasteiger partial charge in [-0.1, -0.05) is 0 Å². The number of hydrogen-bond donors (Lipinski definition) is 1. The number of piperidine rings is 1. The van der Waals surface area contributed by atoms with Crippen LogP contribution in [0.15, 0.2) is 29.4 Å². The van der Waals surface area contributed by atoms with E-state index in [9.17, 15) is 4.79 Å². The van der Waals surface area contributed by atoms with E-state index in [1.54, 1.807) is 24.2 Å². The van der Waals surface area contributed by atoms with Gasteiger partial charge in [-0.25, -0.2) is 0 Å². The highest BCUT2D eigenvalue weighted by atomic mass is 32.2. The second kappa shape index (κ2) is 6.02. The fourth-order valence-electron chi connectivity index (χ4n) is 1.82. The lowest BCUT2D eigenvalue weighted by Crippen LogP contribution is -2.43. The third kappa shape index (κ3) is 3.71. The summed E-state index contributed by atoms with van der Waals surface area (Å²) >= 11 is 1.56. The molecular formula is C12H17N3OS. The van der Waals surface area contributed by atoms with Gasteiger partial charge in [-0.3, -0.25) is 9.78 Å². The summed E-state index contributed by atoms with van der Waals surface area (Å²) in [5.74, 6) is 0.706. The van der Waals surface area contributed by atoms with E-state index in [0.717, 1.165) is 30.8 Å². The lowest BCUT2D eigenvalue weighted by molar-refractivity contribution is -0.129. The Balaban J connectivity index is 1.78. The Bertz CT molecular complexity index is 363. The van der Waals surface area contributed by atoms with Gasteiger partial charge in [0.1, 0.15) is 0 Å². The summed E-state index contributed by atoms with van der Waals surface area (Å²) in [4.78, 5) is 18.9. The van der Waals surface area contributed by atoms with Gasteiger partial charge < -0.3 is 10.6 Å². The molecule has 2 heterocycles. The van der Waals surface area contributed by atoms with Crippen LogP contribution in [0.3, 0.4) is 0 Å². The number of rotatable bonds is 3. The quantitative estimate of drug-likeness (QED) is 0.818. The van der Waals surface area contributed by atoms with Gasteiger partial charge in [0.05, 0.1) is 5.75 Å². The number of hydrogen-bond acceptors (Lipinski definition) is 4. The molecule has 4 nitrogen and oxygen atoms in total. The van der Waals surface area contributed by atoms with E-state index in [0.29, 0.717) is 5.75 Å². The predicted molar refractivity (Wildman–Crippen MR) is 68.8 cm³/mol. The normalized spacial score (nSPS) is 17.1. The van der Waals surface area contributed by atoms with Crippen molar-refractivity contribution >= 4 is 17.7 Å². The molecule has 1 aliphatic heterocycles. The van der Waals surface area contributed by atoms with Crippen molar-refractivity contribution in [2.75, 3.05) is 18.8 Å². The van der Waals surface area contributed by atoms with E-state index < -0.39 is 0 Å². The molecule has 1 saturated heterocycles. The van der Waals surface area contributed by atoms with Crippen LogP contribution in [0.25, 0.3) is 0 Å². The fraction of sp³-hybridized carbons (Fsp3) is 0.500. The lowest BCUT2D eigenvalue weighted by Gasteiger charge is -2.30. The molecule has 0 bridgehead atoms. The molecule has 0 spiro atoms. The first-order chi connectivity index (χ1) is 8.25. The standard InChI is InChI=1S/C12H17N3OS/c13-10-3-7-15(8-4-10)12(16)9-17-11-1-5-14-6-2-11/h1-2,5-6,10H,3-4,7-9,13H2. The molecule has 1 amide bonds. The Kier molecular flexibility index (Phi) is 4.39.